The molecule has 116 valence electrons. The molecular weight excluding hydrogens is 318 g/mol. The summed E-state index contributed by atoms with van der Waals surface area (Å²) in [4.78, 5) is 1.19. The van der Waals surface area contributed by atoms with Crippen molar-refractivity contribution in [2.45, 2.75) is 23.6 Å². The molecule has 0 amide bonds. The summed E-state index contributed by atoms with van der Waals surface area (Å²) in [7, 11) is -4.71. The van der Waals surface area contributed by atoms with Crippen molar-refractivity contribution in [1.82, 2.24) is 14.6 Å². The molecule has 7 heteroatoms. The lowest BCUT2D eigenvalue weighted by atomic mass is 10.2. The molecule has 22 heavy (non-hydrogen) atoms. The van der Waals surface area contributed by atoms with Crippen LogP contribution in [-0.4, -0.2) is 28.8 Å². The van der Waals surface area contributed by atoms with Crippen molar-refractivity contribution in [3.8, 4) is 0 Å². The fraction of sp³-hybridized carbons (Fsp3) is 0.200. The summed E-state index contributed by atoms with van der Waals surface area (Å²) >= 11 is 0. The van der Waals surface area contributed by atoms with Crippen LogP contribution < -0.4 is 0 Å². The van der Waals surface area contributed by atoms with Gasteiger partial charge in [-0.25, -0.2) is 8.42 Å². The van der Waals surface area contributed by atoms with E-state index in [1.54, 1.807) is 29.1 Å². The molecular formula is C15H17N3O2S2. The summed E-state index contributed by atoms with van der Waals surface area (Å²) in [6.45, 7) is 3.85. The van der Waals surface area contributed by atoms with Gasteiger partial charge in [0.15, 0.2) is 5.65 Å². The zero-order valence-corrected chi connectivity index (χ0v) is 14.1. The number of rotatable bonds is 4. The van der Waals surface area contributed by atoms with E-state index in [2.05, 4.69) is 10.2 Å². The third-order valence-electron chi connectivity index (χ3n) is 3.47. The Morgan fingerprint density at radius 1 is 1.18 bits per heavy atom. The topological polar surface area (TPSA) is 64.3 Å². The zero-order chi connectivity index (χ0) is 15.7. The van der Waals surface area contributed by atoms with Crippen molar-refractivity contribution in [3.63, 3.8) is 0 Å². The molecule has 0 aliphatic carbocycles. The SMILES string of the molecule is CC[SH](c1ccn2cnnc2c1)S(=O)(=O)c1ccc(C)cc1. The molecule has 0 bridgehead atoms. The van der Waals surface area contributed by atoms with Crippen LogP contribution in [0.3, 0.4) is 0 Å². The van der Waals surface area contributed by atoms with E-state index in [9.17, 15) is 8.42 Å². The molecule has 0 radical (unpaired) electrons. The van der Waals surface area contributed by atoms with Gasteiger partial charge >= 0.3 is 0 Å². The fourth-order valence-corrected chi connectivity index (χ4v) is 7.82. The number of aromatic nitrogens is 3. The van der Waals surface area contributed by atoms with Crippen molar-refractivity contribution in [2.24, 2.45) is 0 Å². The lowest BCUT2D eigenvalue weighted by Gasteiger charge is -2.20. The molecule has 0 N–H and O–H groups in total. The Kier molecular flexibility index (Phi) is 3.92. The fourth-order valence-electron chi connectivity index (χ4n) is 2.29. The molecule has 1 atom stereocenters. The normalized spacial score (nSPS) is 14.2. The average Bonchev–Trinajstić information content (AvgIpc) is 2.96. The Labute approximate surface area is 131 Å². The van der Waals surface area contributed by atoms with E-state index in [0.29, 0.717) is 16.3 Å². The van der Waals surface area contributed by atoms with Gasteiger partial charge in [-0.05, 0) is 36.9 Å². The molecule has 2 aromatic heterocycles. The maximum atomic E-state index is 12.9. The molecule has 3 rings (SSSR count). The van der Waals surface area contributed by atoms with Crippen molar-refractivity contribution in [3.05, 3.63) is 54.5 Å². The van der Waals surface area contributed by atoms with Crippen LogP contribution >= 0.6 is 9.93 Å². The highest BCUT2D eigenvalue weighted by Crippen LogP contribution is 2.45. The third kappa shape index (κ3) is 2.62. The number of nitrogens with zero attached hydrogens (tertiary/aromatic N) is 3. The monoisotopic (exact) mass is 335 g/mol. The second kappa shape index (κ2) is 5.73. The van der Waals surface area contributed by atoms with Crippen LogP contribution in [-0.2, 0) is 8.87 Å². The molecule has 3 aromatic rings. The second-order valence-electron chi connectivity index (χ2n) is 4.96. The Morgan fingerprint density at radius 2 is 1.91 bits per heavy atom. The van der Waals surface area contributed by atoms with E-state index in [1.165, 1.54) is 0 Å². The van der Waals surface area contributed by atoms with Gasteiger partial charge in [-0.3, -0.25) is 4.40 Å². The van der Waals surface area contributed by atoms with Gasteiger partial charge < -0.3 is 0 Å². The minimum absolute atomic E-state index is 0.382. The predicted molar refractivity (Wildman–Crippen MR) is 89.1 cm³/mol. The summed E-state index contributed by atoms with van der Waals surface area (Å²) in [6.07, 6.45) is 3.40. The molecule has 1 aromatic carbocycles. The first-order valence-electron chi connectivity index (χ1n) is 6.91. The van der Waals surface area contributed by atoms with Gasteiger partial charge in [0.25, 0.3) is 0 Å². The summed E-state index contributed by atoms with van der Waals surface area (Å²) in [5.74, 6) is 0.565. The van der Waals surface area contributed by atoms with Crippen LogP contribution in [0.15, 0.2) is 58.7 Å². The summed E-state index contributed by atoms with van der Waals surface area (Å²) < 4.78 is 27.6. The van der Waals surface area contributed by atoms with Gasteiger partial charge in [0.05, 0.1) is 4.90 Å². The largest absolute Gasteiger partial charge is 0.289 e. The first-order valence-corrected chi connectivity index (χ1v) is 10.5. The van der Waals surface area contributed by atoms with Gasteiger partial charge in [0.1, 0.15) is 6.33 Å². The molecule has 2 heterocycles. The molecule has 0 spiro atoms. The van der Waals surface area contributed by atoms with E-state index in [-0.39, 0.29) is 0 Å². The Hall–Kier alpha value is -1.86. The smallest absolute Gasteiger partial charge is 0.214 e. The van der Waals surface area contributed by atoms with Crippen LogP contribution in [0, 0.1) is 6.92 Å². The maximum absolute atomic E-state index is 12.9. The standard InChI is InChI=1S/C15H17N3O2S2/c1-3-21(13-8-9-18-11-16-17-15(18)10-13)22(19,20)14-6-4-12(2)5-7-14/h4-11,21H,3H2,1-2H3. The van der Waals surface area contributed by atoms with Crippen LogP contribution in [0.1, 0.15) is 12.5 Å². The molecule has 1 unspecified atom stereocenters. The van der Waals surface area contributed by atoms with Crippen molar-refractivity contribution in [1.29, 1.82) is 0 Å². The lowest BCUT2D eigenvalue weighted by Crippen LogP contribution is -2.05. The maximum Gasteiger partial charge on any atom is 0.214 e. The third-order valence-corrected chi connectivity index (χ3v) is 10.1. The first kappa shape index (κ1) is 15.1. The van der Waals surface area contributed by atoms with Crippen LogP contribution in [0.5, 0.6) is 0 Å². The van der Waals surface area contributed by atoms with Gasteiger partial charge in [-0.15, -0.1) is 20.1 Å². The number of hydrogen-bond acceptors (Lipinski definition) is 4. The van der Waals surface area contributed by atoms with Crippen molar-refractivity contribution < 1.29 is 8.42 Å². The average molecular weight is 335 g/mol. The molecule has 0 saturated carbocycles. The Bertz CT molecular complexity index is 902. The highest BCUT2D eigenvalue weighted by Gasteiger charge is 2.24. The minimum Gasteiger partial charge on any atom is -0.289 e. The molecule has 0 aliphatic rings. The quantitative estimate of drug-likeness (QED) is 0.588. The summed E-state index contributed by atoms with van der Waals surface area (Å²) in [5.41, 5.74) is 1.71. The first-order chi connectivity index (χ1) is 10.5. The van der Waals surface area contributed by atoms with Crippen molar-refractivity contribution >= 4 is 24.4 Å². The molecule has 0 saturated heterocycles. The zero-order valence-electron chi connectivity index (χ0n) is 12.3. The number of fused-ring (bicyclic) bond motifs is 1. The van der Waals surface area contributed by atoms with E-state index >= 15 is 0 Å². The molecule has 0 fully saturated rings. The lowest BCUT2D eigenvalue weighted by molar-refractivity contribution is 0.610. The van der Waals surface area contributed by atoms with E-state index in [0.717, 1.165) is 10.5 Å². The summed E-state index contributed by atoms with van der Waals surface area (Å²) in [5, 5.41) is 7.82. The number of thiol groups is 1. The molecule has 5 nitrogen and oxygen atoms in total. The highest BCUT2D eigenvalue weighted by atomic mass is 33.2. The van der Waals surface area contributed by atoms with Gasteiger partial charge in [0.2, 0.25) is 8.87 Å². The number of hydrogen-bond donors (Lipinski definition) is 1. The molecule has 0 aliphatic heterocycles. The van der Waals surface area contributed by atoms with E-state index < -0.39 is 18.8 Å². The second-order valence-corrected chi connectivity index (χ2v) is 11.1. The highest BCUT2D eigenvalue weighted by molar-refractivity contribution is 8.81. The number of pyridine rings is 1. The van der Waals surface area contributed by atoms with Crippen LogP contribution in [0.2, 0.25) is 0 Å². The van der Waals surface area contributed by atoms with Crippen molar-refractivity contribution in [2.75, 3.05) is 5.75 Å². The Morgan fingerprint density at radius 3 is 2.59 bits per heavy atom. The van der Waals surface area contributed by atoms with Gasteiger partial charge in [-0.1, -0.05) is 24.6 Å². The van der Waals surface area contributed by atoms with Gasteiger partial charge in [0, 0.05) is 11.1 Å². The van der Waals surface area contributed by atoms with Gasteiger partial charge in [-0.2, -0.15) is 0 Å². The number of benzene rings is 1. The van der Waals surface area contributed by atoms with Crippen LogP contribution in [0.4, 0.5) is 0 Å². The number of aryl methyl sites for hydroxylation is 1. The van der Waals surface area contributed by atoms with E-state index in [1.807, 2.05) is 38.1 Å². The minimum atomic E-state index is -3.37. The predicted octanol–water partition coefficient (Wildman–Crippen LogP) is 2.81. The van der Waals surface area contributed by atoms with E-state index in [4.69, 9.17) is 0 Å². The van der Waals surface area contributed by atoms with Crippen LogP contribution in [0.25, 0.3) is 5.65 Å². The Balaban J connectivity index is 2.07. The summed E-state index contributed by atoms with van der Waals surface area (Å²) in [6, 6.07) is 10.7.